The molecule has 0 heterocycles. The molecule has 0 radical (unpaired) electrons. The van der Waals surface area contributed by atoms with Gasteiger partial charge in [0.15, 0.2) is 5.60 Å². The topological polar surface area (TPSA) is 60.7 Å². The summed E-state index contributed by atoms with van der Waals surface area (Å²) in [6, 6.07) is 10.2. The molecule has 0 aliphatic rings. The van der Waals surface area contributed by atoms with Crippen molar-refractivity contribution in [1.82, 2.24) is 0 Å². The lowest BCUT2D eigenvalue weighted by molar-refractivity contribution is -0.259. The Hall–Kier alpha value is -2.21. The molecule has 6 heteroatoms. The summed E-state index contributed by atoms with van der Waals surface area (Å²) in [4.78, 5) is 0. The predicted octanol–water partition coefficient (Wildman–Crippen LogP) is 4.19. The fourth-order valence-corrected chi connectivity index (χ4v) is 2.53. The molecule has 0 aromatic heterocycles. The molecule has 3 nitrogen and oxygen atoms in total. The van der Waals surface area contributed by atoms with Gasteiger partial charge in [-0.2, -0.15) is 13.2 Å². The lowest BCUT2D eigenvalue weighted by Crippen LogP contribution is -2.39. The lowest BCUT2D eigenvalue weighted by Gasteiger charge is -2.30. The van der Waals surface area contributed by atoms with E-state index in [4.69, 9.17) is 0 Å². The van der Waals surface area contributed by atoms with Crippen LogP contribution in [0.2, 0.25) is 0 Å². The first-order valence-corrected chi connectivity index (χ1v) is 7.30. The van der Waals surface area contributed by atoms with E-state index < -0.39 is 28.5 Å². The van der Waals surface area contributed by atoms with Crippen molar-refractivity contribution in [3.05, 3.63) is 59.2 Å². The van der Waals surface area contributed by atoms with Gasteiger partial charge in [-0.25, -0.2) is 0 Å². The van der Waals surface area contributed by atoms with E-state index in [0.29, 0.717) is 12.5 Å². The lowest BCUT2D eigenvalue weighted by atomic mass is 9.77. The van der Waals surface area contributed by atoms with E-state index in [0.717, 1.165) is 11.6 Å². The number of phenols is 2. The molecule has 3 N–H and O–H groups in total. The summed E-state index contributed by atoms with van der Waals surface area (Å²) in [5.41, 5.74) is -2.96. The van der Waals surface area contributed by atoms with Crippen molar-refractivity contribution in [3.63, 3.8) is 0 Å². The third-order valence-electron chi connectivity index (χ3n) is 4.38. The van der Waals surface area contributed by atoms with Gasteiger partial charge < -0.3 is 15.3 Å². The van der Waals surface area contributed by atoms with E-state index in [2.05, 4.69) is 0 Å². The van der Waals surface area contributed by atoms with Crippen LogP contribution in [0.3, 0.4) is 0 Å². The van der Waals surface area contributed by atoms with Crippen molar-refractivity contribution >= 4 is 0 Å². The maximum absolute atomic E-state index is 13.0. The van der Waals surface area contributed by atoms with Gasteiger partial charge >= 0.3 is 6.18 Å². The fraction of sp³-hybridized carbons (Fsp3) is 0.333. The SMILES string of the molecule is CC(C)(c1ccc(O)cc1)c1ccc(C(C)(O)C(F)(F)F)c(O)c1. The summed E-state index contributed by atoms with van der Waals surface area (Å²) in [7, 11) is 0. The van der Waals surface area contributed by atoms with Crippen LogP contribution < -0.4 is 0 Å². The minimum atomic E-state index is -4.90. The van der Waals surface area contributed by atoms with E-state index in [1.165, 1.54) is 24.3 Å². The second-order valence-electron chi connectivity index (χ2n) is 6.47. The van der Waals surface area contributed by atoms with Crippen LogP contribution >= 0.6 is 0 Å². The Kier molecular flexibility index (Phi) is 4.31. The molecule has 130 valence electrons. The van der Waals surface area contributed by atoms with Crippen LogP contribution in [-0.4, -0.2) is 21.5 Å². The third kappa shape index (κ3) is 3.06. The van der Waals surface area contributed by atoms with Gasteiger partial charge in [0, 0.05) is 11.0 Å². The molecular formula is C18H19F3O3. The fourth-order valence-electron chi connectivity index (χ4n) is 2.53. The van der Waals surface area contributed by atoms with Crippen LogP contribution in [0.15, 0.2) is 42.5 Å². The summed E-state index contributed by atoms with van der Waals surface area (Å²) < 4.78 is 38.9. The van der Waals surface area contributed by atoms with Gasteiger partial charge in [-0.15, -0.1) is 0 Å². The Balaban J connectivity index is 2.48. The zero-order valence-corrected chi connectivity index (χ0v) is 13.5. The van der Waals surface area contributed by atoms with E-state index in [-0.39, 0.29) is 5.75 Å². The molecular weight excluding hydrogens is 321 g/mol. The van der Waals surface area contributed by atoms with Crippen molar-refractivity contribution in [3.8, 4) is 11.5 Å². The molecule has 24 heavy (non-hydrogen) atoms. The monoisotopic (exact) mass is 340 g/mol. The second-order valence-corrected chi connectivity index (χ2v) is 6.47. The van der Waals surface area contributed by atoms with Crippen LogP contribution in [0, 0.1) is 0 Å². The quantitative estimate of drug-likeness (QED) is 0.785. The maximum Gasteiger partial charge on any atom is 0.421 e. The molecule has 0 saturated heterocycles. The van der Waals surface area contributed by atoms with Gasteiger partial charge in [-0.1, -0.05) is 38.1 Å². The second kappa shape index (κ2) is 5.70. The Labute approximate surface area is 138 Å². The zero-order chi connectivity index (χ0) is 18.3. The molecule has 0 amide bonds. The molecule has 0 aliphatic heterocycles. The van der Waals surface area contributed by atoms with Crippen molar-refractivity contribution in [1.29, 1.82) is 0 Å². The molecule has 0 aliphatic carbocycles. The highest BCUT2D eigenvalue weighted by Crippen LogP contribution is 2.43. The number of hydrogen-bond acceptors (Lipinski definition) is 3. The van der Waals surface area contributed by atoms with Crippen molar-refractivity contribution in [2.75, 3.05) is 0 Å². The Bertz CT molecular complexity index is 732. The van der Waals surface area contributed by atoms with Crippen LogP contribution in [0.1, 0.15) is 37.5 Å². The highest BCUT2D eigenvalue weighted by molar-refractivity contribution is 5.47. The Morgan fingerprint density at radius 3 is 1.75 bits per heavy atom. The number of alkyl halides is 3. The summed E-state index contributed by atoms with van der Waals surface area (Å²) in [5, 5.41) is 29.1. The molecule has 0 bridgehead atoms. The zero-order valence-electron chi connectivity index (χ0n) is 13.5. The number of hydrogen-bond donors (Lipinski definition) is 3. The highest BCUT2D eigenvalue weighted by Gasteiger charge is 2.52. The van der Waals surface area contributed by atoms with Crippen LogP contribution in [-0.2, 0) is 11.0 Å². The molecule has 1 unspecified atom stereocenters. The molecule has 2 aromatic rings. The minimum Gasteiger partial charge on any atom is -0.508 e. The first-order valence-electron chi connectivity index (χ1n) is 7.30. The van der Waals surface area contributed by atoms with Gasteiger partial charge in [0.1, 0.15) is 11.5 Å². The smallest absolute Gasteiger partial charge is 0.421 e. The van der Waals surface area contributed by atoms with Crippen molar-refractivity contribution in [2.24, 2.45) is 0 Å². The van der Waals surface area contributed by atoms with Crippen LogP contribution in [0.4, 0.5) is 13.2 Å². The molecule has 1 atom stereocenters. The first kappa shape index (κ1) is 18.1. The van der Waals surface area contributed by atoms with E-state index in [1.807, 2.05) is 13.8 Å². The number of halogens is 3. The van der Waals surface area contributed by atoms with Gasteiger partial charge in [-0.05, 0) is 36.2 Å². The predicted molar refractivity (Wildman–Crippen MR) is 84.0 cm³/mol. The molecule has 0 saturated carbocycles. The van der Waals surface area contributed by atoms with Crippen LogP contribution in [0.25, 0.3) is 0 Å². The van der Waals surface area contributed by atoms with Crippen molar-refractivity contribution < 1.29 is 28.5 Å². The largest absolute Gasteiger partial charge is 0.508 e. The summed E-state index contributed by atoms with van der Waals surface area (Å²) in [6.07, 6.45) is -4.90. The minimum absolute atomic E-state index is 0.106. The summed E-state index contributed by atoms with van der Waals surface area (Å²) >= 11 is 0. The Morgan fingerprint density at radius 1 is 0.792 bits per heavy atom. The Morgan fingerprint density at radius 2 is 1.29 bits per heavy atom. The number of rotatable bonds is 3. The average molecular weight is 340 g/mol. The van der Waals surface area contributed by atoms with E-state index in [1.54, 1.807) is 12.1 Å². The molecule has 0 fully saturated rings. The van der Waals surface area contributed by atoms with E-state index >= 15 is 0 Å². The standard InChI is InChI=1S/C18H19F3O3/c1-16(2,11-4-7-13(22)8-5-11)12-6-9-14(15(23)10-12)17(3,24)18(19,20)21/h4-10,22-24H,1-3H3. The number of benzene rings is 2. The number of aromatic hydroxyl groups is 2. The third-order valence-corrected chi connectivity index (χ3v) is 4.38. The normalized spacial score (nSPS) is 15.1. The van der Waals surface area contributed by atoms with Crippen LogP contribution in [0.5, 0.6) is 11.5 Å². The average Bonchev–Trinajstić information content (AvgIpc) is 2.46. The highest BCUT2D eigenvalue weighted by atomic mass is 19.4. The van der Waals surface area contributed by atoms with Gasteiger partial charge in [0.05, 0.1) is 0 Å². The van der Waals surface area contributed by atoms with Crippen molar-refractivity contribution in [2.45, 2.75) is 38.0 Å². The first-order chi connectivity index (χ1) is 10.9. The van der Waals surface area contributed by atoms with Gasteiger partial charge in [0.25, 0.3) is 0 Å². The number of aliphatic hydroxyl groups is 1. The van der Waals surface area contributed by atoms with E-state index in [9.17, 15) is 28.5 Å². The summed E-state index contributed by atoms with van der Waals surface area (Å²) in [5.74, 6) is -0.518. The maximum atomic E-state index is 13.0. The van der Waals surface area contributed by atoms with Gasteiger partial charge in [0.2, 0.25) is 0 Å². The van der Waals surface area contributed by atoms with Gasteiger partial charge in [-0.3, -0.25) is 0 Å². The molecule has 2 aromatic carbocycles. The molecule has 0 spiro atoms. The molecule has 2 rings (SSSR count). The summed E-state index contributed by atoms with van der Waals surface area (Å²) in [6.45, 7) is 4.29. The number of phenolic OH excluding ortho intramolecular Hbond substituents is 2.